The average Bonchev–Trinajstić information content (AvgIpc) is 2.73. The standard InChI is InChI=1S/C11H16BrNO2S/c1-11(2)14-7-8(15-11)5-13-6-9-3-4-10(12)16-9/h3-4,8,13H,5-7H2,1-2H3. The van der Waals surface area contributed by atoms with E-state index in [1.54, 1.807) is 11.3 Å². The summed E-state index contributed by atoms with van der Waals surface area (Å²) in [5, 5.41) is 3.38. The third-order valence-corrected chi connectivity index (χ3v) is 3.99. The minimum Gasteiger partial charge on any atom is -0.348 e. The van der Waals surface area contributed by atoms with E-state index < -0.39 is 5.79 Å². The monoisotopic (exact) mass is 305 g/mol. The molecular weight excluding hydrogens is 290 g/mol. The molecule has 16 heavy (non-hydrogen) atoms. The van der Waals surface area contributed by atoms with Gasteiger partial charge in [-0.2, -0.15) is 0 Å². The Labute approximate surface area is 108 Å². The van der Waals surface area contributed by atoms with E-state index >= 15 is 0 Å². The molecule has 0 bridgehead atoms. The van der Waals surface area contributed by atoms with Crippen LogP contribution in [0.25, 0.3) is 0 Å². The molecule has 3 nitrogen and oxygen atoms in total. The Morgan fingerprint density at radius 1 is 1.56 bits per heavy atom. The molecule has 1 aromatic heterocycles. The molecule has 5 heteroatoms. The second kappa shape index (κ2) is 5.14. The second-order valence-electron chi connectivity index (χ2n) is 4.29. The lowest BCUT2D eigenvalue weighted by Gasteiger charge is -2.17. The fourth-order valence-electron chi connectivity index (χ4n) is 1.67. The van der Waals surface area contributed by atoms with Crippen LogP contribution < -0.4 is 5.32 Å². The molecule has 1 saturated heterocycles. The molecule has 1 aromatic rings. The zero-order valence-corrected chi connectivity index (χ0v) is 11.9. The van der Waals surface area contributed by atoms with Gasteiger partial charge in [0.15, 0.2) is 5.79 Å². The van der Waals surface area contributed by atoms with Crippen molar-refractivity contribution in [3.05, 3.63) is 20.8 Å². The van der Waals surface area contributed by atoms with Crippen LogP contribution >= 0.6 is 27.3 Å². The minimum atomic E-state index is -0.418. The van der Waals surface area contributed by atoms with Crippen molar-refractivity contribution in [2.45, 2.75) is 32.3 Å². The summed E-state index contributed by atoms with van der Waals surface area (Å²) in [4.78, 5) is 1.32. The van der Waals surface area contributed by atoms with E-state index in [2.05, 4.69) is 33.4 Å². The highest BCUT2D eigenvalue weighted by Crippen LogP contribution is 2.23. The molecule has 0 amide bonds. The summed E-state index contributed by atoms with van der Waals surface area (Å²) in [5.41, 5.74) is 0. The van der Waals surface area contributed by atoms with Gasteiger partial charge in [-0.15, -0.1) is 11.3 Å². The van der Waals surface area contributed by atoms with Crippen LogP contribution in [0.15, 0.2) is 15.9 Å². The van der Waals surface area contributed by atoms with Crippen LogP contribution in [-0.4, -0.2) is 25.0 Å². The summed E-state index contributed by atoms with van der Waals surface area (Å²) in [6.07, 6.45) is 0.165. The summed E-state index contributed by atoms with van der Waals surface area (Å²) in [6.45, 7) is 6.29. The van der Waals surface area contributed by atoms with Crippen LogP contribution in [0.2, 0.25) is 0 Å². The molecule has 0 aromatic carbocycles. The van der Waals surface area contributed by atoms with Crippen LogP contribution in [-0.2, 0) is 16.0 Å². The lowest BCUT2D eigenvalue weighted by Crippen LogP contribution is -2.30. The maximum absolute atomic E-state index is 5.70. The normalized spacial score (nSPS) is 23.8. The Balaban J connectivity index is 1.69. The topological polar surface area (TPSA) is 30.5 Å². The van der Waals surface area contributed by atoms with Crippen LogP contribution in [0.3, 0.4) is 0 Å². The highest BCUT2D eigenvalue weighted by molar-refractivity contribution is 9.11. The largest absolute Gasteiger partial charge is 0.348 e. The van der Waals surface area contributed by atoms with Crippen molar-refractivity contribution in [3.63, 3.8) is 0 Å². The first kappa shape index (κ1) is 12.5. The maximum Gasteiger partial charge on any atom is 0.163 e. The van der Waals surface area contributed by atoms with E-state index in [1.165, 1.54) is 8.66 Å². The third-order valence-electron chi connectivity index (χ3n) is 2.37. The SMILES string of the molecule is CC1(C)OCC(CNCc2ccc(Br)s2)O1. The van der Waals surface area contributed by atoms with Gasteiger partial charge in [-0.3, -0.25) is 0 Å². The van der Waals surface area contributed by atoms with Crippen LogP contribution in [0.4, 0.5) is 0 Å². The van der Waals surface area contributed by atoms with Gasteiger partial charge in [0, 0.05) is 18.0 Å². The number of rotatable bonds is 4. The summed E-state index contributed by atoms with van der Waals surface area (Å²) in [6, 6.07) is 4.19. The number of nitrogens with one attached hydrogen (secondary N) is 1. The highest BCUT2D eigenvalue weighted by atomic mass is 79.9. The zero-order valence-electron chi connectivity index (χ0n) is 9.46. The van der Waals surface area contributed by atoms with Crippen LogP contribution in [0.5, 0.6) is 0 Å². The smallest absolute Gasteiger partial charge is 0.163 e. The molecule has 0 spiro atoms. The van der Waals surface area contributed by atoms with E-state index in [4.69, 9.17) is 9.47 Å². The van der Waals surface area contributed by atoms with Crippen molar-refractivity contribution in [1.82, 2.24) is 5.32 Å². The van der Waals surface area contributed by atoms with Gasteiger partial charge in [0.25, 0.3) is 0 Å². The summed E-state index contributed by atoms with van der Waals surface area (Å²) in [7, 11) is 0. The van der Waals surface area contributed by atoms with E-state index in [0.29, 0.717) is 6.61 Å². The van der Waals surface area contributed by atoms with E-state index in [-0.39, 0.29) is 6.10 Å². The molecule has 1 atom stereocenters. The summed E-state index contributed by atoms with van der Waals surface area (Å²) >= 11 is 5.20. The molecule has 90 valence electrons. The van der Waals surface area contributed by atoms with Crippen molar-refractivity contribution < 1.29 is 9.47 Å². The van der Waals surface area contributed by atoms with Gasteiger partial charge in [0.05, 0.1) is 16.5 Å². The Morgan fingerprint density at radius 3 is 2.94 bits per heavy atom. The Kier molecular flexibility index (Phi) is 4.02. The fourth-order valence-corrected chi connectivity index (χ4v) is 3.12. The predicted octanol–water partition coefficient (Wildman–Crippen LogP) is 2.75. The van der Waals surface area contributed by atoms with Gasteiger partial charge in [-0.1, -0.05) is 0 Å². The first-order valence-corrected chi connectivity index (χ1v) is 6.93. The first-order chi connectivity index (χ1) is 7.55. The van der Waals surface area contributed by atoms with Crippen LogP contribution in [0.1, 0.15) is 18.7 Å². The molecule has 1 N–H and O–H groups in total. The maximum atomic E-state index is 5.70. The van der Waals surface area contributed by atoms with Crippen molar-refractivity contribution in [1.29, 1.82) is 0 Å². The number of hydrogen-bond donors (Lipinski definition) is 1. The summed E-state index contributed by atoms with van der Waals surface area (Å²) in [5.74, 6) is -0.418. The molecular formula is C11H16BrNO2S. The number of ether oxygens (including phenoxy) is 2. The lowest BCUT2D eigenvalue weighted by atomic mass is 10.3. The zero-order chi connectivity index (χ0) is 11.6. The minimum absolute atomic E-state index is 0.165. The van der Waals surface area contributed by atoms with Gasteiger partial charge in [0.1, 0.15) is 0 Å². The molecule has 1 aliphatic heterocycles. The Bertz CT molecular complexity index is 354. The molecule has 1 unspecified atom stereocenters. The molecule has 1 aliphatic rings. The molecule has 2 heterocycles. The molecule has 1 fully saturated rings. The van der Waals surface area contributed by atoms with E-state index in [1.807, 2.05) is 13.8 Å². The predicted molar refractivity (Wildman–Crippen MR) is 68.6 cm³/mol. The van der Waals surface area contributed by atoms with Crippen LogP contribution in [0, 0.1) is 0 Å². The van der Waals surface area contributed by atoms with E-state index in [0.717, 1.165) is 13.1 Å². The lowest BCUT2D eigenvalue weighted by molar-refractivity contribution is -0.137. The number of thiophene rings is 1. The van der Waals surface area contributed by atoms with Crippen molar-refractivity contribution in [2.24, 2.45) is 0 Å². The Hall–Kier alpha value is 0.0600. The summed E-state index contributed by atoms with van der Waals surface area (Å²) < 4.78 is 12.4. The van der Waals surface area contributed by atoms with Gasteiger partial charge < -0.3 is 14.8 Å². The quantitative estimate of drug-likeness (QED) is 0.928. The van der Waals surface area contributed by atoms with Gasteiger partial charge in [0.2, 0.25) is 0 Å². The van der Waals surface area contributed by atoms with Gasteiger partial charge >= 0.3 is 0 Å². The number of halogens is 1. The highest BCUT2D eigenvalue weighted by Gasteiger charge is 2.32. The molecule has 0 radical (unpaired) electrons. The van der Waals surface area contributed by atoms with Gasteiger partial charge in [-0.25, -0.2) is 0 Å². The molecule has 0 aliphatic carbocycles. The van der Waals surface area contributed by atoms with Crippen molar-refractivity contribution in [3.8, 4) is 0 Å². The molecule has 2 rings (SSSR count). The second-order valence-corrected chi connectivity index (χ2v) is 6.83. The van der Waals surface area contributed by atoms with E-state index in [9.17, 15) is 0 Å². The van der Waals surface area contributed by atoms with Crippen molar-refractivity contribution in [2.75, 3.05) is 13.2 Å². The number of hydrogen-bond acceptors (Lipinski definition) is 4. The first-order valence-electron chi connectivity index (χ1n) is 5.32. The Morgan fingerprint density at radius 2 is 2.38 bits per heavy atom. The third kappa shape index (κ3) is 3.53. The fraction of sp³-hybridized carbons (Fsp3) is 0.636. The van der Waals surface area contributed by atoms with Gasteiger partial charge in [-0.05, 0) is 41.9 Å². The average molecular weight is 306 g/mol. The van der Waals surface area contributed by atoms with Crippen molar-refractivity contribution >= 4 is 27.3 Å². The molecule has 0 saturated carbocycles.